The maximum Gasteiger partial charge on any atom is 0.186 e. The Morgan fingerprint density at radius 1 is 1.29 bits per heavy atom. The van der Waals surface area contributed by atoms with E-state index in [0.717, 1.165) is 18.0 Å². The normalized spacial score (nSPS) is 13.3. The predicted molar refractivity (Wildman–Crippen MR) is 84.6 cm³/mol. The molecule has 1 N–H and O–H groups in total. The van der Waals surface area contributed by atoms with Gasteiger partial charge < -0.3 is 19.0 Å². The van der Waals surface area contributed by atoms with Gasteiger partial charge >= 0.3 is 0 Å². The molecular weight excluding hydrogens is 286 g/mol. The minimum atomic E-state index is -1.49. The van der Waals surface area contributed by atoms with Crippen molar-refractivity contribution in [2.75, 3.05) is 26.9 Å². The van der Waals surface area contributed by atoms with E-state index in [2.05, 4.69) is 18.1 Å². The van der Waals surface area contributed by atoms with Crippen LogP contribution in [0.3, 0.4) is 0 Å². The van der Waals surface area contributed by atoms with E-state index < -0.39 is 14.4 Å². The Bertz CT molecular complexity index is 375. The molecule has 1 atom stereocenters. The molecule has 120 valence electrons. The SMILES string of the molecule is CO[Si](C)(C)CCCOCC(O)COCc1cccnc1. The van der Waals surface area contributed by atoms with Crippen LogP contribution in [0.15, 0.2) is 24.5 Å². The molecule has 0 fully saturated rings. The van der Waals surface area contributed by atoms with Gasteiger partial charge in [0.05, 0.1) is 19.8 Å². The molecule has 0 aliphatic carbocycles. The highest BCUT2D eigenvalue weighted by atomic mass is 28.4. The first-order valence-electron chi connectivity index (χ1n) is 7.31. The second-order valence-corrected chi connectivity index (χ2v) is 10.1. The molecule has 1 heterocycles. The molecule has 1 aromatic heterocycles. The van der Waals surface area contributed by atoms with Crippen molar-refractivity contribution in [3.63, 3.8) is 0 Å². The van der Waals surface area contributed by atoms with Crippen LogP contribution in [0, 0.1) is 0 Å². The van der Waals surface area contributed by atoms with Crippen LogP contribution < -0.4 is 0 Å². The van der Waals surface area contributed by atoms with Gasteiger partial charge in [0, 0.05) is 26.1 Å². The molecule has 0 bridgehead atoms. The molecule has 0 amide bonds. The molecule has 0 saturated heterocycles. The first-order chi connectivity index (χ1) is 10.0. The van der Waals surface area contributed by atoms with Gasteiger partial charge in [-0.1, -0.05) is 6.07 Å². The summed E-state index contributed by atoms with van der Waals surface area (Å²) in [6.07, 6.45) is 3.86. The lowest BCUT2D eigenvalue weighted by Gasteiger charge is -2.19. The Labute approximate surface area is 128 Å². The van der Waals surface area contributed by atoms with Gasteiger partial charge in [0.25, 0.3) is 0 Å². The lowest BCUT2D eigenvalue weighted by atomic mass is 10.3. The van der Waals surface area contributed by atoms with Crippen LogP contribution in [-0.2, 0) is 20.5 Å². The number of aliphatic hydroxyl groups is 1. The molecule has 0 aromatic carbocycles. The van der Waals surface area contributed by atoms with Crippen LogP contribution in [0.5, 0.6) is 0 Å². The first-order valence-corrected chi connectivity index (χ1v) is 10.4. The lowest BCUT2D eigenvalue weighted by Crippen LogP contribution is -2.29. The molecule has 0 radical (unpaired) electrons. The number of pyridine rings is 1. The van der Waals surface area contributed by atoms with Crippen LogP contribution in [0.2, 0.25) is 19.1 Å². The molecule has 0 aliphatic heterocycles. The minimum absolute atomic E-state index is 0.271. The maximum atomic E-state index is 9.75. The van der Waals surface area contributed by atoms with Gasteiger partial charge in [-0.15, -0.1) is 0 Å². The van der Waals surface area contributed by atoms with Gasteiger partial charge in [0.1, 0.15) is 6.10 Å². The van der Waals surface area contributed by atoms with Gasteiger partial charge in [-0.05, 0) is 37.2 Å². The Morgan fingerprint density at radius 2 is 2.05 bits per heavy atom. The number of hydrogen-bond acceptors (Lipinski definition) is 5. The monoisotopic (exact) mass is 313 g/mol. The second-order valence-electron chi connectivity index (χ2n) is 5.67. The zero-order valence-corrected chi connectivity index (χ0v) is 14.2. The molecule has 5 nitrogen and oxygen atoms in total. The molecule has 1 unspecified atom stereocenters. The summed E-state index contributed by atoms with van der Waals surface area (Å²) in [5.41, 5.74) is 0.998. The standard InChI is InChI=1S/C15H27NO4Si/c1-18-21(2,3)9-5-8-19-12-15(17)13-20-11-14-6-4-7-16-10-14/h4,6-7,10,15,17H,5,8-9,11-13H2,1-3H3. The second kappa shape index (κ2) is 10.0. The molecule has 0 saturated carbocycles. The van der Waals surface area contributed by atoms with Crippen molar-refractivity contribution in [1.82, 2.24) is 4.98 Å². The Hall–Kier alpha value is -0.793. The summed E-state index contributed by atoms with van der Waals surface area (Å²) in [6.45, 7) is 6.06. The highest BCUT2D eigenvalue weighted by Crippen LogP contribution is 2.12. The van der Waals surface area contributed by atoms with Crippen LogP contribution >= 0.6 is 0 Å². The molecule has 21 heavy (non-hydrogen) atoms. The molecular formula is C15H27NO4Si. The zero-order valence-electron chi connectivity index (χ0n) is 13.2. The Kier molecular flexibility index (Phi) is 8.71. The number of nitrogens with zero attached hydrogens (tertiary/aromatic N) is 1. The summed E-state index contributed by atoms with van der Waals surface area (Å²) >= 11 is 0. The summed E-state index contributed by atoms with van der Waals surface area (Å²) in [7, 11) is 0.288. The average molecular weight is 313 g/mol. The maximum absolute atomic E-state index is 9.75. The highest BCUT2D eigenvalue weighted by molar-refractivity contribution is 6.71. The summed E-state index contributed by atoms with van der Waals surface area (Å²) in [5.74, 6) is 0. The fourth-order valence-corrected chi connectivity index (χ4v) is 2.97. The smallest absolute Gasteiger partial charge is 0.186 e. The van der Waals surface area contributed by atoms with E-state index in [1.165, 1.54) is 0 Å². The van der Waals surface area contributed by atoms with Gasteiger partial charge in [0.15, 0.2) is 8.32 Å². The lowest BCUT2D eigenvalue weighted by molar-refractivity contribution is -0.0233. The van der Waals surface area contributed by atoms with Crippen molar-refractivity contribution in [2.45, 2.75) is 38.3 Å². The summed E-state index contributed by atoms with van der Waals surface area (Å²) < 4.78 is 16.4. The van der Waals surface area contributed by atoms with E-state index in [0.29, 0.717) is 19.8 Å². The summed E-state index contributed by atoms with van der Waals surface area (Å²) in [4.78, 5) is 4.01. The van der Waals surface area contributed by atoms with E-state index >= 15 is 0 Å². The van der Waals surface area contributed by atoms with Crippen LogP contribution in [0.1, 0.15) is 12.0 Å². The quantitative estimate of drug-likeness (QED) is 0.501. The van der Waals surface area contributed by atoms with Crippen molar-refractivity contribution in [2.24, 2.45) is 0 Å². The Balaban J connectivity index is 2.00. The topological polar surface area (TPSA) is 60.8 Å². The summed E-state index contributed by atoms with van der Waals surface area (Å²) in [5, 5.41) is 9.75. The number of ether oxygens (including phenoxy) is 2. The predicted octanol–water partition coefficient (Wildman–Crippen LogP) is 2.22. The average Bonchev–Trinajstić information content (AvgIpc) is 2.48. The van der Waals surface area contributed by atoms with Gasteiger partial charge in [0.2, 0.25) is 0 Å². The molecule has 0 aliphatic rings. The van der Waals surface area contributed by atoms with Crippen molar-refractivity contribution in [3.8, 4) is 0 Å². The highest BCUT2D eigenvalue weighted by Gasteiger charge is 2.19. The number of hydrogen-bond donors (Lipinski definition) is 1. The molecule has 1 aromatic rings. The fourth-order valence-electron chi connectivity index (χ4n) is 1.77. The van der Waals surface area contributed by atoms with E-state index in [-0.39, 0.29) is 6.61 Å². The largest absolute Gasteiger partial charge is 0.420 e. The number of rotatable bonds is 11. The zero-order chi connectivity index (χ0) is 15.6. The van der Waals surface area contributed by atoms with Gasteiger partial charge in [-0.3, -0.25) is 4.98 Å². The summed E-state index contributed by atoms with van der Waals surface area (Å²) in [6, 6.07) is 4.87. The van der Waals surface area contributed by atoms with E-state index in [4.69, 9.17) is 13.9 Å². The third kappa shape index (κ3) is 8.95. The first kappa shape index (κ1) is 18.3. The number of aromatic nitrogens is 1. The molecule has 1 rings (SSSR count). The third-order valence-corrected chi connectivity index (χ3v) is 5.89. The number of aliphatic hydroxyl groups excluding tert-OH is 1. The van der Waals surface area contributed by atoms with Crippen LogP contribution in [0.4, 0.5) is 0 Å². The van der Waals surface area contributed by atoms with Crippen molar-refractivity contribution in [1.29, 1.82) is 0 Å². The third-order valence-electron chi connectivity index (χ3n) is 3.23. The van der Waals surface area contributed by atoms with Gasteiger partial charge in [-0.25, -0.2) is 0 Å². The van der Waals surface area contributed by atoms with Crippen molar-refractivity contribution >= 4 is 8.32 Å². The van der Waals surface area contributed by atoms with Gasteiger partial charge in [-0.2, -0.15) is 0 Å². The van der Waals surface area contributed by atoms with E-state index in [1.807, 2.05) is 12.1 Å². The minimum Gasteiger partial charge on any atom is -0.420 e. The van der Waals surface area contributed by atoms with Crippen molar-refractivity contribution in [3.05, 3.63) is 30.1 Å². The molecule has 0 spiro atoms. The van der Waals surface area contributed by atoms with Crippen LogP contribution in [0.25, 0.3) is 0 Å². The Morgan fingerprint density at radius 3 is 2.71 bits per heavy atom. The van der Waals surface area contributed by atoms with Crippen molar-refractivity contribution < 1.29 is 19.0 Å². The fraction of sp³-hybridized carbons (Fsp3) is 0.667. The van der Waals surface area contributed by atoms with E-state index in [9.17, 15) is 5.11 Å². The molecule has 6 heteroatoms. The van der Waals surface area contributed by atoms with Crippen LogP contribution in [-0.4, -0.2) is 51.4 Å². The van der Waals surface area contributed by atoms with E-state index in [1.54, 1.807) is 19.5 Å².